The molecule has 2 heterocycles. The molecule has 0 fully saturated rings. The molecule has 1 aromatic heterocycles. The summed E-state index contributed by atoms with van der Waals surface area (Å²) in [6.07, 6.45) is 0.445. The van der Waals surface area contributed by atoms with Crippen LogP contribution in [0.3, 0.4) is 0 Å². The minimum absolute atomic E-state index is 0.0664. The molecule has 0 unspecified atom stereocenters. The summed E-state index contributed by atoms with van der Waals surface area (Å²) >= 11 is 1.41. The number of aromatic nitrogens is 2. The topological polar surface area (TPSA) is 76.6 Å². The molecule has 1 N–H and O–H groups in total. The minimum atomic E-state index is -0.370. The van der Waals surface area contributed by atoms with Crippen molar-refractivity contribution in [1.29, 1.82) is 0 Å². The molecule has 7 heteroatoms. The number of aliphatic imine (C=N–C) groups is 1. The van der Waals surface area contributed by atoms with E-state index < -0.39 is 0 Å². The van der Waals surface area contributed by atoms with Gasteiger partial charge in [-0.05, 0) is 0 Å². The van der Waals surface area contributed by atoms with Crippen molar-refractivity contribution >= 4 is 22.6 Å². The molecule has 1 aromatic rings. The van der Waals surface area contributed by atoms with E-state index in [1.54, 1.807) is 7.05 Å². The Morgan fingerprint density at radius 2 is 2.06 bits per heavy atom. The molecule has 0 amide bonds. The van der Waals surface area contributed by atoms with Crippen LogP contribution in [0.25, 0.3) is 0 Å². The lowest BCUT2D eigenvalue weighted by Gasteiger charge is -2.05. The van der Waals surface area contributed by atoms with Crippen molar-refractivity contribution in [2.45, 2.75) is 6.42 Å². The van der Waals surface area contributed by atoms with Gasteiger partial charge in [0.25, 0.3) is 5.56 Å². The fraction of sp³-hybridized carbons (Fsp3) is 0.500. The maximum Gasteiger partial charge on any atom is 0.332 e. The van der Waals surface area contributed by atoms with E-state index in [1.807, 2.05) is 0 Å². The third kappa shape index (κ3) is 1.96. The number of aliphatic hydroxyl groups excluding tert-OH is 1. The van der Waals surface area contributed by atoms with Gasteiger partial charge in [0.15, 0.2) is 0 Å². The first kappa shape index (κ1) is 12.1. The molecule has 92 valence electrons. The first-order valence-corrected chi connectivity index (χ1v) is 6.15. The molecule has 2 rings (SSSR count). The summed E-state index contributed by atoms with van der Waals surface area (Å²) in [6.45, 7) is 0.0664. The van der Waals surface area contributed by atoms with Gasteiger partial charge in [-0.1, -0.05) is 0 Å². The van der Waals surface area contributed by atoms with Gasteiger partial charge >= 0.3 is 5.69 Å². The molecule has 0 atom stereocenters. The fourth-order valence-electron chi connectivity index (χ4n) is 1.76. The molecule has 0 radical (unpaired) electrons. The molecule has 0 saturated carbocycles. The van der Waals surface area contributed by atoms with Gasteiger partial charge in [0.2, 0.25) is 0 Å². The lowest BCUT2D eigenvalue weighted by molar-refractivity contribution is 0.323. The minimum Gasteiger partial charge on any atom is -0.396 e. The van der Waals surface area contributed by atoms with Crippen LogP contribution in [0.4, 0.5) is 5.82 Å². The van der Waals surface area contributed by atoms with E-state index in [0.29, 0.717) is 23.6 Å². The van der Waals surface area contributed by atoms with E-state index in [4.69, 9.17) is 5.11 Å². The zero-order chi connectivity index (χ0) is 12.6. The number of hydrogen-bond donors (Lipinski definition) is 1. The second-order valence-corrected chi connectivity index (χ2v) is 4.93. The summed E-state index contributed by atoms with van der Waals surface area (Å²) in [4.78, 5) is 27.8. The number of hydrogen-bond acceptors (Lipinski definition) is 5. The molecule has 1 aliphatic heterocycles. The summed E-state index contributed by atoms with van der Waals surface area (Å²) in [6, 6.07) is 0. The van der Waals surface area contributed by atoms with Gasteiger partial charge in [-0.3, -0.25) is 13.9 Å². The van der Waals surface area contributed by atoms with E-state index in [9.17, 15) is 9.59 Å². The quantitative estimate of drug-likeness (QED) is 0.765. The fourth-order valence-corrected chi connectivity index (χ4v) is 2.48. The summed E-state index contributed by atoms with van der Waals surface area (Å²) in [7, 11) is 3.06. The first-order valence-electron chi connectivity index (χ1n) is 5.16. The molecule has 0 saturated heterocycles. The van der Waals surface area contributed by atoms with Crippen LogP contribution >= 0.6 is 11.8 Å². The molecule has 6 nitrogen and oxygen atoms in total. The van der Waals surface area contributed by atoms with Gasteiger partial charge in [-0.15, -0.1) is 11.8 Å². The van der Waals surface area contributed by atoms with Gasteiger partial charge < -0.3 is 5.11 Å². The van der Waals surface area contributed by atoms with Crippen LogP contribution in [0, 0.1) is 0 Å². The lowest BCUT2D eigenvalue weighted by Crippen LogP contribution is -2.38. The Balaban J connectivity index is 2.48. The van der Waals surface area contributed by atoms with Crippen LogP contribution in [0.2, 0.25) is 0 Å². The molecule has 1 aliphatic rings. The molecule has 0 bridgehead atoms. The second-order valence-electron chi connectivity index (χ2n) is 3.76. The Hall–Kier alpha value is -1.34. The third-order valence-electron chi connectivity index (χ3n) is 2.64. The SMILES string of the molecule is Cn1c2c(c(=O)n(C)c1=O)CC(SCCO)=N2. The summed E-state index contributed by atoms with van der Waals surface area (Å²) in [5, 5.41) is 9.51. The van der Waals surface area contributed by atoms with Crippen molar-refractivity contribution in [3.8, 4) is 0 Å². The van der Waals surface area contributed by atoms with Crippen molar-refractivity contribution < 1.29 is 5.11 Å². The highest BCUT2D eigenvalue weighted by Gasteiger charge is 2.22. The Kier molecular flexibility index (Phi) is 3.21. The van der Waals surface area contributed by atoms with Crippen molar-refractivity contribution in [2.24, 2.45) is 19.1 Å². The molecule has 0 aromatic carbocycles. The zero-order valence-electron chi connectivity index (χ0n) is 9.63. The summed E-state index contributed by atoms with van der Waals surface area (Å²) in [5.74, 6) is 0.986. The van der Waals surface area contributed by atoms with Crippen LogP contribution in [-0.2, 0) is 20.5 Å². The lowest BCUT2D eigenvalue weighted by atomic mass is 10.2. The van der Waals surface area contributed by atoms with Gasteiger partial charge in [0.1, 0.15) is 5.82 Å². The molecular weight excluding hydrogens is 242 g/mol. The average Bonchev–Trinajstić information content (AvgIpc) is 2.75. The van der Waals surface area contributed by atoms with Gasteiger partial charge in [-0.2, -0.15) is 0 Å². The summed E-state index contributed by atoms with van der Waals surface area (Å²) < 4.78 is 2.47. The highest BCUT2D eigenvalue weighted by molar-refractivity contribution is 8.14. The van der Waals surface area contributed by atoms with Crippen LogP contribution in [-0.4, -0.2) is 31.6 Å². The maximum atomic E-state index is 11.9. The van der Waals surface area contributed by atoms with Crippen molar-refractivity contribution in [3.63, 3.8) is 0 Å². The number of nitrogens with zero attached hydrogens (tertiary/aromatic N) is 3. The number of aliphatic hydroxyl groups is 1. The Bertz CT molecular complexity index is 600. The van der Waals surface area contributed by atoms with E-state index in [0.717, 1.165) is 9.61 Å². The van der Waals surface area contributed by atoms with Crippen molar-refractivity contribution in [3.05, 3.63) is 26.4 Å². The van der Waals surface area contributed by atoms with Crippen molar-refractivity contribution in [2.75, 3.05) is 12.4 Å². The molecular formula is C10H13N3O3S. The number of fused-ring (bicyclic) bond motifs is 1. The molecule has 0 aliphatic carbocycles. The predicted octanol–water partition coefficient (Wildman–Crippen LogP) is -0.604. The normalized spacial score (nSPS) is 13.7. The van der Waals surface area contributed by atoms with Gasteiger partial charge in [0.05, 0.1) is 17.2 Å². The highest BCUT2D eigenvalue weighted by Crippen LogP contribution is 2.25. The highest BCUT2D eigenvalue weighted by atomic mass is 32.2. The van der Waals surface area contributed by atoms with Gasteiger partial charge in [0, 0.05) is 26.3 Å². The predicted molar refractivity (Wildman–Crippen MR) is 67.3 cm³/mol. The largest absolute Gasteiger partial charge is 0.396 e. The Labute approximate surface area is 102 Å². The van der Waals surface area contributed by atoms with E-state index in [1.165, 1.54) is 23.4 Å². The monoisotopic (exact) mass is 255 g/mol. The average molecular weight is 255 g/mol. The van der Waals surface area contributed by atoms with E-state index in [-0.39, 0.29) is 17.9 Å². The first-order chi connectivity index (χ1) is 8.06. The van der Waals surface area contributed by atoms with Crippen LogP contribution < -0.4 is 11.2 Å². The van der Waals surface area contributed by atoms with Crippen LogP contribution in [0.15, 0.2) is 14.6 Å². The zero-order valence-corrected chi connectivity index (χ0v) is 10.5. The van der Waals surface area contributed by atoms with Crippen LogP contribution in [0.1, 0.15) is 5.56 Å². The van der Waals surface area contributed by atoms with E-state index >= 15 is 0 Å². The molecule has 0 spiro atoms. The standard InChI is InChI=1S/C10H13N3O3S/c1-12-8-6(9(15)13(2)10(12)16)5-7(11-8)17-4-3-14/h14H,3-5H2,1-2H3. The van der Waals surface area contributed by atoms with Gasteiger partial charge in [-0.25, -0.2) is 9.79 Å². The smallest absolute Gasteiger partial charge is 0.332 e. The Morgan fingerprint density at radius 1 is 1.35 bits per heavy atom. The maximum absolute atomic E-state index is 11.9. The number of rotatable bonds is 2. The molecule has 17 heavy (non-hydrogen) atoms. The van der Waals surface area contributed by atoms with Crippen molar-refractivity contribution in [1.82, 2.24) is 9.13 Å². The third-order valence-corrected chi connectivity index (χ3v) is 3.60. The van der Waals surface area contributed by atoms with Crippen LogP contribution in [0.5, 0.6) is 0 Å². The Morgan fingerprint density at radius 3 is 2.71 bits per heavy atom. The van der Waals surface area contributed by atoms with E-state index in [2.05, 4.69) is 4.99 Å². The second kappa shape index (κ2) is 4.50. The summed E-state index contributed by atoms with van der Waals surface area (Å²) in [5.41, 5.74) is -0.104. The number of thioether (sulfide) groups is 1.